The standard InChI is InChI=1S/C20H23Cl2N6O2/c1-28(2)7-5-6-24-19-18-11(10-25-20(23)27-18)8-12(26-19)15-16(21)13(29-3)9-14(30-4)17(15)22/h8-10H,5-7H2,1-4H3,(H2-,23,24,25,26,27)/q-1. The number of halogens is 2. The van der Waals surface area contributed by atoms with Crippen LogP contribution >= 0.6 is 23.2 Å². The molecule has 0 atom stereocenters. The molecule has 0 saturated heterocycles. The van der Waals surface area contributed by atoms with Crippen LogP contribution in [0, 0.1) is 0 Å². The summed E-state index contributed by atoms with van der Waals surface area (Å²) >= 11 is 13.2. The molecule has 8 nitrogen and oxygen atoms in total. The first-order valence-corrected chi connectivity index (χ1v) is 9.97. The summed E-state index contributed by atoms with van der Waals surface area (Å²) in [6.07, 6.45) is 2.50. The van der Waals surface area contributed by atoms with Crippen LogP contribution in [-0.4, -0.2) is 61.3 Å². The predicted molar refractivity (Wildman–Crippen MR) is 121 cm³/mol. The second kappa shape index (κ2) is 9.51. The second-order valence-electron chi connectivity index (χ2n) is 6.82. The molecule has 2 N–H and O–H groups in total. The van der Waals surface area contributed by atoms with Gasteiger partial charge in [-0.15, -0.1) is 0 Å². The van der Waals surface area contributed by atoms with Crippen LogP contribution in [0.3, 0.4) is 0 Å². The van der Waals surface area contributed by atoms with Gasteiger partial charge < -0.3 is 30.4 Å². The van der Waals surface area contributed by atoms with Crippen LogP contribution in [0.4, 0.5) is 11.8 Å². The van der Waals surface area contributed by atoms with E-state index in [1.807, 2.05) is 14.1 Å². The highest BCUT2D eigenvalue weighted by molar-refractivity contribution is 6.41. The zero-order chi connectivity index (χ0) is 21.8. The van der Waals surface area contributed by atoms with E-state index in [1.54, 1.807) is 18.3 Å². The van der Waals surface area contributed by atoms with Gasteiger partial charge >= 0.3 is 0 Å². The molecule has 2 heterocycles. The summed E-state index contributed by atoms with van der Waals surface area (Å²) in [5, 5.41) is 6.01. The Labute approximate surface area is 185 Å². The van der Waals surface area contributed by atoms with Crippen molar-refractivity contribution in [2.45, 2.75) is 6.42 Å². The minimum atomic E-state index is 0.154. The van der Waals surface area contributed by atoms with Gasteiger partial charge in [-0.2, -0.15) is 0 Å². The van der Waals surface area contributed by atoms with Crippen LogP contribution in [0.5, 0.6) is 11.5 Å². The fourth-order valence-corrected chi connectivity index (χ4v) is 3.65. The summed E-state index contributed by atoms with van der Waals surface area (Å²) in [7, 11) is 7.08. The Morgan fingerprint density at radius 1 is 1.07 bits per heavy atom. The fourth-order valence-electron chi connectivity index (χ4n) is 2.96. The maximum Gasteiger partial charge on any atom is 0.220 e. The van der Waals surface area contributed by atoms with Gasteiger partial charge in [0.2, 0.25) is 5.95 Å². The van der Waals surface area contributed by atoms with Crippen molar-refractivity contribution >= 4 is 45.9 Å². The van der Waals surface area contributed by atoms with Crippen LogP contribution in [-0.2, 0) is 0 Å². The molecular weight excluding hydrogens is 427 g/mol. The van der Waals surface area contributed by atoms with Crippen molar-refractivity contribution in [1.82, 2.24) is 19.9 Å². The molecule has 0 saturated carbocycles. The van der Waals surface area contributed by atoms with Crippen LogP contribution in [0.1, 0.15) is 6.42 Å². The number of benzene rings is 1. The molecule has 30 heavy (non-hydrogen) atoms. The number of nitrogens with two attached hydrogens (primary N) is 1. The quantitative estimate of drug-likeness (QED) is 0.503. The van der Waals surface area contributed by atoms with Gasteiger partial charge in [-0.25, -0.2) is 9.97 Å². The molecule has 0 amide bonds. The number of aromatic nitrogens is 3. The Balaban J connectivity index is 2.14. The van der Waals surface area contributed by atoms with Gasteiger partial charge in [0, 0.05) is 23.2 Å². The molecule has 0 unspecified atom stereocenters. The Kier molecular flexibility index (Phi) is 7.02. The summed E-state index contributed by atoms with van der Waals surface area (Å²) in [5.41, 5.74) is 7.35. The first-order chi connectivity index (χ1) is 14.3. The van der Waals surface area contributed by atoms with Crippen molar-refractivity contribution in [3.8, 4) is 22.8 Å². The van der Waals surface area contributed by atoms with Crippen molar-refractivity contribution in [2.75, 3.05) is 47.1 Å². The Hall–Kier alpha value is -2.55. The minimum absolute atomic E-state index is 0.154. The molecular formula is C20H23Cl2N6O2-. The Morgan fingerprint density at radius 2 is 1.73 bits per heavy atom. The molecule has 2 aromatic heterocycles. The highest BCUT2D eigenvalue weighted by Crippen LogP contribution is 2.46. The number of hydrogen-bond acceptors (Lipinski definition) is 7. The van der Waals surface area contributed by atoms with E-state index < -0.39 is 0 Å². The number of hydrogen-bond donors (Lipinski definition) is 1. The molecule has 0 aliphatic heterocycles. The predicted octanol–water partition coefficient (Wildman–Crippen LogP) is 4.55. The Morgan fingerprint density at radius 3 is 2.33 bits per heavy atom. The summed E-state index contributed by atoms with van der Waals surface area (Å²) in [4.78, 5) is 15.2. The summed E-state index contributed by atoms with van der Waals surface area (Å²) < 4.78 is 10.7. The first-order valence-electron chi connectivity index (χ1n) is 9.21. The fraction of sp³-hybridized carbons (Fsp3) is 0.350. The van der Waals surface area contributed by atoms with Crippen molar-refractivity contribution < 1.29 is 9.47 Å². The van der Waals surface area contributed by atoms with E-state index in [2.05, 4.69) is 20.2 Å². The van der Waals surface area contributed by atoms with Crippen molar-refractivity contribution in [3.05, 3.63) is 33.7 Å². The molecule has 160 valence electrons. The number of fused-ring (bicyclic) bond motifs is 1. The molecule has 1 aromatic carbocycles. The molecule has 0 bridgehead atoms. The lowest BCUT2D eigenvalue weighted by Gasteiger charge is -2.22. The second-order valence-corrected chi connectivity index (χ2v) is 7.58. The first kappa shape index (κ1) is 22.1. The largest absolute Gasteiger partial charge is 0.495 e. The highest BCUT2D eigenvalue weighted by Gasteiger charge is 2.18. The van der Waals surface area contributed by atoms with Gasteiger partial charge in [-0.3, -0.25) is 0 Å². The van der Waals surface area contributed by atoms with Crippen LogP contribution < -0.4 is 15.2 Å². The molecule has 3 aromatic rings. The molecule has 0 spiro atoms. The molecule has 3 rings (SSSR count). The third-order valence-corrected chi connectivity index (χ3v) is 5.17. The van der Waals surface area contributed by atoms with E-state index in [1.165, 1.54) is 14.2 Å². The van der Waals surface area contributed by atoms with Gasteiger partial charge in [0.15, 0.2) is 0 Å². The maximum absolute atomic E-state index is 6.58. The van der Waals surface area contributed by atoms with Crippen molar-refractivity contribution in [1.29, 1.82) is 0 Å². The van der Waals surface area contributed by atoms with Gasteiger partial charge in [0.25, 0.3) is 0 Å². The number of methoxy groups -OCH3 is 2. The average Bonchev–Trinajstić information content (AvgIpc) is 2.71. The average molecular weight is 450 g/mol. The smallest absolute Gasteiger partial charge is 0.220 e. The van der Waals surface area contributed by atoms with E-state index in [-0.39, 0.29) is 5.95 Å². The van der Waals surface area contributed by atoms with Crippen LogP contribution in [0.25, 0.3) is 27.5 Å². The summed E-state index contributed by atoms with van der Waals surface area (Å²) in [6, 6.07) is 3.42. The number of nitrogen functional groups attached to an aromatic ring is 1. The molecule has 0 aliphatic carbocycles. The van der Waals surface area contributed by atoms with E-state index in [9.17, 15) is 0 Å². The highest BCUT2D eigenvalue weighted by atomic mass is 35.5. The van der Waals surface area contributed by atoms with Gasteiger partial charge in [0.1, 0.15) is 11.5 Å². The molecule has 0 aliphatic rings. The topological polar surface area (TPSA) is 100 Å². The monoisotopic (exact) mass is 449 g/mol. The van der Waals surface area contributed by atoms with Gasteiger partial charge in [-0.05, 0) is 51.2 Å². The summed E-state index contributed by atoms with van der Waals surface area (Å²) in [6.45, 7) is 1.49. The minimum Gasteiger partial charge on any atom is -0.495 e. The van der Waals surface area contributed by atoms with Crippen molar-refractivity contribution in [2.24, 2.45) is 0 Å². The van der Waals surface area contributed by atoms with Crippen LogP contribution in [0.2, 0.25) is 10.0 Å². The maximum atomic E-state index is 6.58. The number of ether oxygens (including phenoxy) is 2. The SMILES string of the molecule is COc1cc(OC)c(Cl)c(-c2cc3cnc(N)nc3c([N-]CCCN(C)C)n2)c1Cl. The number of pyridine rings is 1. The summed E-state index contributed by atoms with van der Waals surface area (Å²) in [5.74, 6) is 1.45. The van der Waals surface area contributed by atoms with Crippen LogP contribution in [0.15, 0.2) is 18.3 Å². The van der Waals surface area contributed by atoms with E-state index in [0.717, 1.165) is 18.4 Å². The third-order valence-electron chi connectivity index (χ3n) is 4.42. The lowest BCUT2D eigenvalue weighted by Crippen LogP contribution is -2.13. The third kappa shape index (κ3) is 4.61. The van der Waals surface area contributed by atoms with Gasteiger partial charge in [-0.1, -0.05) is 23.2 Å². The van der Waals surface area contributed by atoms with Crippen molar-refractivity contribution in [3.63, 3.8) is 0 Å². The van der Waals surface area contributed by atoms with E-state index in [0.29, 0.717) is 50.7 Å². The molecule has 0 radical (unpaired) electrons. The molecule has 0 fully saturated rings. The number of nitrogens with zero attached hydrogens (tertiary/aromatic N) is 5. The number of anilines is 1. The van der Waals surface area contributed by atoms with E-state index in [4.69, 9.17) is 43.4 Å². The van der Waals surface area contributed by atoms with E-state index >= 15 is 0 Å². The lowest BCUT2D eigenvalue weighted by molar-refractivity contribution is 0.395. The molecule has 10 heteroatoms. The van der Waals surface area contributed by atoms with Gasteiger partial charge in [0.05, 0.1) is 29.8 Å². The number of rotatable bonds is 8. The lowest BCUT2D eigenvalue weighted by atomic mass is 10.1. The normalized spacial score (nSPS) is 11.2. The zero-order valence-corrected chi connectivity index (χ0v) is 18.8. The zero-order valence-electron chi connectivity index (χ0n) is 17.2. The Bertz CT molecular complexity index is 1030.